The molecular weight excluding hydrogens is 238 g/mol. The average molecular weight is 265 g/mol. The Hall–Kier alpha value is -1.00. The molecule has 1 rings (SSSR count). The first-order valence-corrected chi connectivity index (χ1v) is 7.09. The molecule has 0 aromatic carbocycles. The van der Waals surface area contributed by atoms with E-state index in [4.69, 9.17) is 4.74 Å². The summed E-state index contributed by atoms with van der Waals surface area (Å²) in [6.45, 7) is 12.1. The molecule has 1 aromatic heterocycles. The van der Waals surface area contributed by atoms with Crippen molar-refractivity contribution in [3.63, 3.8) is 0 Å². The lowest BCUT2D eigenvalue weighted by Gasteiger charge is -2.17. The highest BCUT2D eigenvalue weighted by molar-refractivity contribution is 5.25. The summed E-state index contributed by atoms with van der Waals surface area (Å²) in [6, 6.07) is 0. The second-order valence-corrected chi connectivity index (χ2v) is 5.20. The molecule has 1 aromatic rings. The molecule has 4 heteroatoms. The molecule has 19 heavy (non-hydrogen) atoms. The molecule has 0 amide bonds. The molecule has 2 unspecified atom stereocenters. The molecule has 0 spiro atoms. The van der Waals surface area contributed by atoms with Crippen molar-refractivity contribution < 1.29 is 4.74 Å². The minimum atomic E-state index is -0.0359. The summed E-state index contributed by atoms with van der Waals surface area (Å²) in [5, 5.41) is 3.21. The van der Waals surface area contributed by atoms with Crippen LogP contribution >= 0.6 is 0 Å². The molecule has 1 N–H and O–H groups in total. The molecular formula is C15H27N3O. The molecule has 4 nitrogen and oxygen atoms in total. The molecule has 0 aliphatic rings. The Morgan fingerprint density at radius 1 is 1.16 bits per heavy atom. The minimum absolute atomic E-state index is 0.0359. The maximum absolute atomic E-state index is 5.56. The van der Waals surface area contributed by atoms with Crippen molar-refractivity contribution >= 4 is 0 Å². The van der Waals surface area contributed by atoms with Crippen LogP contribution in [0.4, 0.5) is 0 Å². The van der Waals surface area contributed by atoms with Crippen molar-refractivity contribution in [3.05, 3.63) is 22.8 Å². The summed E-state index contributed by atoms with van der Waals surface area (Å²) in [4.78, 5) is 9.22. The fourth-order valence-electron chi connectivity index (χ4n) is 2.34. The number of nitrogens with zero attached hydrogens (tertiary/aromatic N) is 2. The van der Waals surface area contributed by atoms with Gasteiger partial charge in [0.1, 0.15) is 6.10 Å². The third kappa shape index (κ3) is 4.55. The second kappa shape index (κ2) is 7.56. The quantitative estimate of drug-likeness (QED) is 0.823. The van der Waals surface area contributed by atoms with Crippen molar-refractivity contribution in [3.8, 4) is 0 Å². The number of hydrogen-bond acceptors (Lipinski definition) is 4. The third-order valence-corrected chi connectivity index (χ3v) is 3.32. The van der Waals surface area contributed by atoms with Crippen molar-refractivity contribution in [2.75, 3.05) is 20.2 Å². The van der Waals surface area contributed by atoms with E-state index >= 15 is 0 Å². The van der Waals surface area contributed by atoms with Crippen LogP contribution in [0, 0.1) is 19.8 Å². The van der Waals surface area contributed by atoms with Gasteiger partial charge in [-0.05, 0) is 59.2 Å². The molecule has 0 bridgehead atoms. The zero-order valence-electron chi connectivity index (χ0n) is 13.1. The molecule has 0 radical (unpaired) electrons. The first-order chi connectivity index (χ1) is 8.99. The summed E-state index contributed by atoms with van der Waals surface area (Å²) < 4.78 is 5.56. The number of hydrogen-bond donors (Lipinski definition) is 1. The molecule has 0 fully saturated rings. The van der Waals surface area contributed by atoms with Crippen LogP contribution in [0.5, 0.6) is 0 Å². The van der Waals surface area contributed by atoms with Crippen LogP contribution in [-0.2, 0) is 11.2 Å². The average Bonchev–Trinajstić information content (AvgIpc) is 2.34. The van der Waals surface area contributed by atoms with Crippen molar-refractivity contribution in [2.24, 2.45) is 5.92 Å². The Labute approximate surface area is 117 Å². The topological polar surface area (TPSA) is 47.0 Å². The Kier molecular flexibility index (Phi) is 6.38. The molecule has 0 aliphatic carbocycles. The van der Waals surface area contributed by atoms with Gasteiger partial charge in [0.05, 0.1) is 0 Å². The number of ether oxygens (including phenoxy) is 1. The lowest BCUT2D eigenvalue weighted by Crippen LogP contribution is -2.20. The standard InChI is InChI=1S/C15H27N3O/c1-7-19-13(5)15-17-11(3)14(12(4)18-15)8-10(2)9-16-6/h10,13,16H,7-9H2,1-6H3. The van der Waals surface area contributed by atoms with Gasteiger partial charge in [-0.25, -0.2) is 9.97 Å². The Bertz CT molecular complexity index is 383. The number of nitrogens with one attached hydrogen (secondary N) is 1. The molecule has 0 saturated carbocycles. The lowest BCUT2D eigenvalue weighted by molar-refractivity contribution is 0.0697. The van der Waals surface area contributed by atoms with Crippen LogP contribution < -0.4 is 5.32 Å². The van der Waals surface area contributed by atoms with E-state index in [9.17, 15) is 0 Å². The van der Waals surface area contributed by atoms with Gasteiger partial charge in [-0.15, -0.1) is 0 Å². The summed E-state index contributed by atoms with van der Waals surface area (Å²) in [5.41, 5.74) is 3.43. The fourth-order valence-corrected chi connectivity index (χ4v) is 2.34. The summed E-state index contributed by atoms with van der Waals surface area (Å²) >= 11 is 0. The molecule has 0 saturated heterocycles. The van der Waals surface area contributed by atoms with Gasteiger partial charge < -0.3 is 10.1 Å². The zero-order valence-corrected chi connectivity index (χ0v) is 13.1. The van der Waals surface area contributed by atoms with Crippen LogP contribution in [0.3, 0.4) is 0 Å². The van der Waals surface area contributed by atoms with E-state index < -0.39 is 0 Å². The van der Waals surface area contributed by atoms with Crippen LogP contribution in [0.25, 0.3) is 0 Å². The van der Waals surface area contributed by atoms with E-state index in [0.717, 1.165) is 30.2 Å². The van der Waals surface area contributed by atoms with E-state index in [1.54, 1.807) is 0 Å². The number of aromatic nitrogens is 2. The van der Waals surface area contributed by atoms with Gasteiger partial charge in [0, 0.05) is 18.0 Å². The third-order valence-electron chi connectivity index (χ3n) is 3.32. The largest absolute Gasteiger partial charge is 0.371 e. The van der Waals surface area contributed by atoms with Gasteiger partial charge >= 0.3 is 0 Å². The van der Waals surface area contributed by atoms with Crippen LogP contribution in [0.15, 0.2) is 0 Å². The minimum Gasteiger partial charge on any atom is -0.371 e. The van der Waals surface area contributed by atoms with Gasteiger partial charge in [-0.1, -0.05) is 6.92 Å². The van der Waals surface area contributed by atoms with Crippen molar-refractivity contribution in [1.29, 1.82) is 0 Å². The molecule has 2 atom stereocenters. The van der Waals surface area contributed by atoms with Gasteiger partial charge in [0.25, 0.3) is 0 Å². The highest BCUT2D eigenvalue weighted by Gasteiger charge is 2.15. The van der Waals surface area contributed by atoms with E-state index in [0.29, 0.717) is 12.5 Å². The van der Waals surface area contributed by atoms with E-state index in [1.165, 1.54) is 5.56 Å². The number of rotatable bonds is 7. The van der Waals surface area contributed by atoms with E-state index in [-0.39, 0.29) is 6.10 Å². The van der Waals surface area contributed by atoms with Crippen LogP contribution in [-0.4, -0.2) is 30.2 Å². The van der Waals surface area contributed by atoms with Crippen molar-refractivity contribution in [2.45, 2.75) is 47.1 Å². The maximum atomic E-state index is 5.56. The SMILES string of the molecule is CCOC(C)c1nc(C)c(CC(C)CNC)c(C)n1. The van der Waals surface area contributed by atoms with E-state index in [2.05, 4.69) is 36.1 Å². The summed E-state index contributed by atoms with van der Waals surface area (Å²) in [6.07, 6.45) is 0.980. The smallest absolute Gasteiger partial charge is 0.157 e. The molecule has 0 aliphatic heterocycles. The highest BCUT2D eigenvalue weighted by Crippen LogP contribution is 2.19. The monoisotopic (exact) mass is 265 g/mol. The van der Waals surface area contributed by atoms with Crippen LogP contribution in [0.2, 0.25) is 0 Å². The normalized spacial score (nSPS) is 14.4. The van der Waals surface area contributed by atoms with Crippen molar-refractivity contribution in [1.82, 2.24) is 15.3 Å². The first-order valence-electron chi connectivity index (χ1n) is 7.09. The lowest BCUT2D eigenvalue weighted by atomic mass is 9.98. The van der Waals surface area contributed by atoms with Gasteiger partial charge in [-0.2, -0.15) is 0 Å². The highest BCUT2D eigenvalue weighted by atomic mass is 16.5. The Morgan fingerprint density at radius 2 is 1.74 bits per heavy atom. The van der Waals surface area contributed by atoms with Gasteiger partial charge in [0.15, 0.2) is 5.82 Å². The molecule has 108 valence electrons. The summed E-state index contributed by atoms with van der Waals surface area (Å²) in [5.74, 6) is 1.38. The van der Waals surface area contributed by atoms with Gasteiger partial charge in [-0.3, -0.25) is 0 Å². The predicted molar refractivity (Wildman–Crippen MR) is 78.3 cm³/mol. The molecule has 1 heterocycles. The Balaban J connectivity index is 2.91. The fraction of sp³-hybridized carbons (Fsp3) is 0.733. The zero-order chi connectivity index (χ0) is 14.4. The maximum Gasteiger partial charge on any atom is 0.157 e. The predicted octanol–water partition coefficient (Wildman–Crippen LogP) is 2.59. The van der Waals surface area contributed by atoms with Gasteiger partial charge in [0.2, 0.25) is 0 Å². The second-order valence-electron chi connectivity index (χ2n) is 5.20. The van der Waals surface area contributed by atoms with E-state index in [1.807, 2.05) is 20.9 Å². The number of aryl methyl sites for hydroxylation is 2. The summed E-state index contributed by atoms with van der Waals surface area (Å²) in [7, 11) is 1.99. The van der Waals surface area contributed by atoms with Crippen LogP contribution in [0.1, 0.15) is 49.7 Å². The Morgan fingerprint density at radius 3 is 2.21 bits per heavy atom. The first kappa shape index (κ1) is 16.1.